The summed E-state index contributed by atoms with van der Waals surface area (Å²) in [7, 11) is 0. The van der Waals surface area contributed by atoms with Crippen LogP contribution in [-0.2, 0) is 0 Å². The molecule has 0 saturated carbocycles. The Morgan fingerprint density at radius 2 is 2.41 bits per heavy atom. The van der Waals surface area contributed by atoms with Crippen molar-refractivity contribution in [1.82, 2.24) is 20.5 Å². The van der Waals surface area contributed by atoms with Gasteiger partial charge < -0.3 is 10.6 Å². The topological polar surface area (TPSA) is 65.6 Å². The van der Waals surface area contributed by atoms with E-state index < -0.39 is 0 Å². The van der Waals surface area contributed by atoms with Gasteiger partial charge in [0.1, 0.15) is 0 Å². The first-order valence-electron chi connectivity index (χ1n) is 6.11. The van der Waals surface area contributed by atoms with Gasteiger partial charge in [0, 0.05) is 18.0 Å². The van der Waals surface area contributed by atoms with Crippen LogP contribution < -0.4 is 10.6 Å². The maximum absolute atomic E-state index is 4.37. The zero-order valence-corrected chi connectivity index (χ0v) is 9.95. The summed E-state index contributed by atoms with van der Waals surface area (Å²) in [4.78, 5) is 4.37. The smallest absolute Gasteiger partial charge is 0.155 e. The molecule has 2 aromatic heterocycles. The Hall–Kier alpha value is -1.62. The van der Waals surface area contributed by atoms with Gasteiger partial charge >= 0.3 is 0 Å². The average Bonchev–Trinajstić information content (AvgIpc) is 2.73. The molecule has 17 heavy (non-hydrogen) atoms. The average molecular weight is 231 g/mol. The van der Waals surface area contributed by atoms with Gasteiger partial charge in [-0.2, -0.15) is 5.10 Å². The monoisotopic (exact) mass is 231 g/mol. The minimum atomic E-state index is 0.509. The highest BCUT2D eigenvalue weighted by Gasteiger charge is 2.13. The first kappa shape index (κ1) is 10.5. The number of nitrogens with zero attached hydrogens (tertiary/aromatic N) is 2. The minimum Gasteiger partial charge on any atom is -0.380 e. The number of hydrogen-bond acceptors (Lipinski definition) is 4. The Morgan fingerprint density at radius 1 is 1.47 bits per heavy atom. The third-order valence-electron chi connectivity index (χ3n) is 3.27. The molecule has 2 aromatic rings. The molecule has 1 aliphatic heterocycles. The molecule has 0 amide bonds. The lowest BCUT2D eigenvalue weighted by atomic mass is 10.1. The molecule has 0 aromatic carbocycles. The standard InChI is InChI=1S/C12H17N5/c1-8-11-5-10(7-14-12(11)17-16-8)15-9-3-2-4-13-6-9/h5,7,9,13,15H,2-4,6H2,1H3,(H,14,16,17). The molecular weight excluding hydrogens is 214 g/mol. The van der Waals surface area contributed by atoms with Gasteiger partial charge in [0.05, 0.1) is 17.6 Å². The van der Waals surface area contributed by atoms with Crippen molar-refractivity contribution in [1.29, 1.82) is 0 Å². The van der Waals surface area contributed by atoms with Gasteiger partial charge in [-0.1, -0.05) is 0 Å². The normalized spacial score (nSPS) is 20.6. The Kier molecular flexibility index (Phi) is 2.68. The van der Waals surface area contributed by atoms with Crippen molar-refractivity contribution < 1.29 is 0 Å². The lowest BCUT2D eigenvalue weighted by Gasteiger charge is -2.24. The van der Waals surface area contributed by atoms with E-state index >= 15 is 0 Å². The van der Waals surface area contributed by atoms with E-state index in [1.165, 1.54) is 12.8 Å². The maximum atomic E-state index is 4.37. The molecule has 1 aliphatic rings. The minimum absolute atomic E-state index is 0.509. The number of H-pyrrole nitrogens is 1. The van der Waals surface area contributed by atoms with Crippen molar-refractivity contribution >= 4 is 16.7 Å². The van der Waals surface area contributed by atoms with Crippen LogP contribution in [0.5, 0.6) is 0 Å². The van der Waals surface area contributed by atoms with Gasteiger partial charge in [-0.15, -0.1) is 0 Å². The zero-order chi connectivity index (χ0) is 11.7. The molecule has 0 aliphatic carbocycles. The highest BCUT2D eigenvalue weighted by atomic mass is 15.1. The first-order chi connectivity index (χ1) is 8.33. The number of piperidine rings is 1. The fraction of sp³-hybridized carbons (Fsp3) is 0.500. The van der Waals surface area contributed by atoms with Gasteiger partial charge in [-0.3, -0.25) is 5.10 Å². The fourth-order valence-corrected chi connectivity index (χ4v) is 2.32. The molecule has 1 unspecified atom stereocenters. The number of rotatable bonds is 2. The third-order valence-corrected chi connectivity index (χ3v) is 3.27. The lowest BCUT2D eigenvalue weighted by molar-refractivity contribution is 0.480. The van der Waals surface area contributed by atoms with Gasteiger partial charge in [-0.25, -0.2) is 4.98 Å². The van der Waals surface area contributed by atoms with E-state index in [0.717, 1.165) is 35.5 Å². The summed E-state index contributed by atoms with van der Waals surface area (Å²) in [5.74, 6) is 0. The Bertz CT molecular complexity index is 513. The number of aromatic nitrogens is 3. The van der Waals surface area contributed by atoms with E-state index in [2.05, 4.69) is 31.9 Å². The molecule has 90 valence electrons. The number of fused-ring (bicyclic) bond motifs is 1. The summed E-state index contributed by atoms with van der Waals surface area (Å²) in [6.45, 7) is 4.16. The van der Waals surface area contributed by atoms with E-state index in [4.69, 9.17) is 0 Å². The van der Waals surface area contributed by atoms with Crippen LogP contribution in [0.3, 0.4) is 0 Å². The zero-order valence-electron chi connectivity index (χ0n) is 9.95. The molecule has 0 spiro atoms. The quantitative estimate of drug-likeness (QED) is 0.731. The Balaban J connectivity index is 1.82. The van der Waals surface area contributed by atoms with E-state index in [-0.39, 0.29) is 0 Å². The van der Waals surface area contributed by atoms with E-state index in [1.54, 1.807) is 0 Å². The number of pyridine rings is 1. The van der Waals surface area contributed by atoms with Crippen LogP contribution >= 0.6 is 0 Å². The predicted molar refractivity (Wildman–Crippen MR) is 68.1 cm³/mol. The third kappa shape index (κ3) is 2.10. The first-order valence-corrected chi connectivity index (χ1v) is 6.11. The van der Waals surface area contributed by atoms with Crippen LogP contribution in [-0.4, -0.2) is 34.3 Å². The second-order valence-electron chi connectivity index (χ2n) is 4.62. The van der Waals surface area contributed by atoms with Gasteiger partial charge in [0.25, 0.3) is 0 Å². The van der Waals surface area contributed by atoms with Crippen LogP contribution in [0, 0.1) is 6.92 Å². The fourth-order valence-electron chi connectivity index (χ4n) is 2.32. The Labute approximate surface area is 100 Å². The summed E-state index contributed by atoms with van der Waals surface area (Å²) in [5.41, 5.74) is 2.93. The van der Waals surface area contributed by atoms with Crippen molar-refractivity contribution in [2.75, 3.05) is 18.4 Å². The molecule has 1 fully saturated rings. The molecule has 3 rings (SSSR count). The summed E-state index contributed by atoms with van der Waals surface area (Å²) in [5, 5.41) is 15.1. The molecule has 5 heteroatoms. The summed E-state index contributed by atoms with van der Waals surface area (Å²) in [6.07, 6.45) is 4.32. The molecule has 5 nitrogen and oxygen atoms in total. The Morgan fingerprint density at radius 3 is 3.24 bits per heavy atom. The van der Waals surface area contributed by atoms with Gasteiger partial charge in [0.2, 0.25) is 0 Å². The molecule has 1 saturated heterocycles. The van der Waals surface area contributed by atoms with Crippen LogP contribution in [0.25, 0.3) is 11.0 Å². The molecule has 1 atom stereocenters. The number of anilines is 1. The van der Waals surface area contributed by atoms with Crippen molar-refractivity contribution in [2.24, 2.45) is 0 Å². The maximum Gasteiger partial charge on any atom is 0.155 e. The van der Waals surface area contributed by atoms with Crippen LogP contribution in [0.1, 0.15) is 18.5 Å². The largest absolute Gasteiger partial charge is 0.380 e. The predicted octanol–water partition coefficient (Wildman–Crippen LogP) is 1.43. The van der Waals surface area contributed by atoms with Crippen molar-refractivity contribution in [3.63, 3.8) is 0 Å². The van der Waals surface area contributed by atoms with Crippen molar-refractivity contribution in [3.05, 3.63) is 18.0 Å². The van der Waals surface area contributed by atoms with E-state index in [0.29, 0.717) is 6.04 Å². The summed E-state index contributed by atoms with van der Waals surface area (Å²) in [6, 6.07) is 2.63. The second-order valence-corrected chi connectivity index (χ2v) is 4.62. The van der Waals surface area contributed by atoms with Gasteiger partial charge in [-0.05, 0) is 32.4 Å². The van der Waals surface area contributed by atoms with Gasteiger partial charge in [0.15, 0.2) is 5.65 Å². The van der Waals surface area contributed by atoms with Crippen molar-refractivity contribution in [3.8, 4) is 0 Å². The lowest BCUT2D eigenvalue weighted by Crippen LogP contribution is -2.38. The molecule has 3 heterocycles. The number of aromatic amines is 1. The summed E-state index contributed by atoms with van der Waals surface area (Å²) >= 11 is 0. The number of hydrogen-bond donors (Lipinski definition) is 3. The van der Waals surface area contributed by atoms with Crippen LogP contribution in [0.4, 0.5) is 5.69 Å². The number of aryl methyl sites for hydroxylation is 1. The highest BCUT2D eigenvalue weighted by Crippen LogP contribution is 2.19. The molecule has 0 radical (unpaired) electrons. The second kappa shape index (κ2) is 4.33. The molecule has 0 bridgehead atoms. The molecular formula is C12H17N5. The number of nitrogens with one attached hydrogen (secondary N) is 3. The SMILES string of the molecule is Cc1n[nH]c2ncc(NC3CCCNC3)cc12. The highest BCUT2D eigenvalue weighted by molar-refractivity contribution is 5.80. The van der Waals surface area contributed by atoms with E-state index in [1.807, 2.05) is 13.1 Å². The van der Waals surface area contributed by atoms with Crippen LogP contribution in [0.2, 0.25) is 0 Å². The summed E-state index contributed by atoms with van der Waals surface area (Å²) < 4.78 is 0. The van der Waals surface area contributed by atoms with Crippen LogP contribution in [0.15, 0.2) is 12.3 Å². The van der Waals surface area contributed by atoms with E-state index in [9.17, 15) is 0 Å². The molecule has 3 N–H and O–H groups in total. The van der Waals surface area contributed by atoms with Crippen molar-refractivity contribution in [2.45, 2.75) is 25.8 Å².